The first-order valence-corrected chi connectivity index (χ1v) is 7.27. The summed E-state index contributed by atoms with van der Waals surface area (Å²) in [7, 11) is 0. The van der Waals surface area contributed by atoms with Crippen molar-refractivity contribution in [2.45, 2.75) is 39.8 Å². The molecule has 0 aliphatic heterocycles. The molecule has 2 aromatic rings. The number of anilines is 2. The van der Waals surface area contributed by atoms with E-state index in [-0.39, 0.29) is 5.69 Å². The van der Waals surface area contributed by atoms with Crippen LogP contribution in [0.1, 0.15) is 32.3 Å². The molecule has 0 spiro atoms. The molecule has 0 atom stereocenters. The molecule has 23 heavy (non-hydrogen) atoms. The number of rotatable bonds is 4. The minimum Gasteiger partial charge on any atom is -0.444 e. The van der Waals surface area contributed by atoms with Crippen LogP contribution in [0.25, 0.3) is 0 Å². The largest absolute Gasteiger partial charge is 0.444 e. The average molecular weight is 320 g/mol. The van der Waals surface area contributed by atoms with Crippen molar-refractivity contribution in [2.75, 3.05) is 10.6 Å². The van der Waals surface area contributed by atoms with Crippen LogP contribution >= 0.6 is 0 Å². The van der Waals surface area contributed by atoms with E-state index in [2.05, 4.69) is 20.6 Å². The van der Waals surface area contributed by atoms with E-state index in [4.69, 9.17) is 4.74 Å². The highest BCUT2D eigenvalue weighted by atomic mass is 19.1. The third-order valence-corrected chi connectivity index (χ3v) is 2.84. The number of nitrogens with zero attached hydrogens (tertiary/aromatic N) is 1. The second-order valence-corrected chi connectivity index (χ2v) is 6.17. The maximum absolute atomic E-state index is 13.9. The van der Waals surface area contributed by atoms with Gasteiger partial charge in [-0.05, 0) is 45.9 Å². The molecule has 1 heterocycles. The Morgan fingerprint density at radius 2 is 2.13 bits per heavy atom. The van der Waals surface area contributed by atoms with Crippen LogP contribution in [-0.2, 0) is 11.3 Å². The van der Waals surface area contributed by atoms with Crippen LogP contribution in [0.5, 0.6) is 0 Å². The van der Waals surface area contributed by atoms with Crippen LogP contribution in [0.4, 0.5) is 20.6 Å². The molecule has 3 N–H and O–H groups in total. The van der Waals surface area contributed by atoms with E-state index in [0.717, 1.165) is 11.5 Å². The second-order valence-electron chi connectivity index (χ2n) is 6.17. The number of benzene rings is 1. The van der Waals surface area contributed by atoms with E-state index < -0.39 is 17.5 Å². The fourth-order valence-electron chi connectivity index (χ4n) is 1.91. The quantitative estimate of drug-likeness (QED) is 0.800. The van der Waals surface area contributed by atoms with E-state index in [1.54, 1.807) is 27.0 Å². The lowest BCUT2D eigenvalue weighted by Gasteiger charge is -2.20. The number of hydrogen-bond acceptors (Lipinski definition) is 4. The first-order valence-electron chi connectivity index (χ1n) is 7.27. The highest BCUT2D eigenvalue weighted by Crippen LogP contribution is 2.21. The molecule has 0 aliphatic carbocycles. The number of nitrogens with one attached hydrogen (secondary N) is 3. The predicted octanol–water partition coefficient (Wildman–Crippen LogP) is 3.82. The third-order valence-electron chi connectivity index (χ3n) is 2.84. The van der Waals surface area contributed by atoms with Gasteiger partial charge in [0.25, 0.3) is 0 Å². The van der Waals surface area contributed by atoms with Gasteiger partial charge in [-0.3, -0.25) is 5.32 Å². The van der Waals surface area contributed by atoms with Gasteiger partial charge in [0, 0.05) is 5.69 Å². The number of aromatic amines is 1. The fraction of sp³-hybridized carbons (Fsp3) is 0.375. The topological polar surface area (TPSA) is 79.0 Å². The van der Waals surface area contributed by atoms with Crippen LogP contribution in [0.2, 0.25) is 0 Å². The van der Waals surface area contributed by atoms with Gasteiger partial charge in [-0.15, -0.1) is 0 Å². The normalized spacial score (nSPS) is 11.2. The molecule has 124 valence electrons. The van der Waals surface area contributed by atoms with Crippen molar-refractivity contribution in [1.29, 1.82) is 0 Å². The van der Waals surface area contributed by atoms with Crippen molar-refractivity contribution in [3.8, 4) is 0 Å². The van der Waals surface area contributed by atoms with Crippen molar-refractivity contribution in [3.63, 3.8) is 0 Å². The number of amides is 1. The minimum absolute atomic E-state index is 0.283. The number of halogens is 1. The monoisotopic (exact) mass is 320 g/mol. The summed E-state index contributed by atoms with van der Waals surface area (Å²) < 4.78 is 19.0. The lowest BCUT2D eigenvalue weighted by molar-refractivity contribution is 0.0636. The van der Waals surface area contributed by atoms with Crippen molar-refractivity contribution in [3.05, 3.63) is 41.7 Å². The first kappa shape index (κ1) is 16.8. The highest BCUT2D eigenvalue weighted by molar-refractivity contribution is 5.85. The third kappa shape index (κ3) is 5.28. The van der Waals surface area contributed by atoms with E-state index in [1.807, 2.05) is 6.92 Å². The van der Waals surface area contributed by atoms with Gasteiger partial charge >= 0.3 is 6.09 Å². The average Bonchev–Trinajstić information content (AvgIpc) is 2.83. The van der Waals surface area contributed by atoms with Crippen LogP contribution in [-0.4, -0.2) is 21.7 Å². The van der Waals surface area contributed by atoms with Crippen LogP contribution in [0, 0.1) is 12.7 Å². The Labute approximate surface area is 134 Å². The van der Waals surface area contributed by atoms with E-state index in [1.165, 1.54) is 18.2 Å². The summed E-state index contributed by atoms with van der Waals surface area (Å²) in [6, 6.07) is 4.28. The van der Waals surface area contributed by atoms with Gasteiger partial charge in [-0.2, -0.15) is 0 Å². The summed E-state index contributed by atoms with van der Waals surface area (Å²) in [4.78, 5) is 18.9. The van der Waals surface area contributed by atoms with Crippen LogP contribution < -0.4 is 10.6 Å². The Morgan fingerprint density at radius 3 is 2.74 bits per heavy atom. The summed E-state index contributed by atoms with van der Waals surface area (Å²) in [6.45, 7) is 7.56. The minimum atomic E-state index is -0.594. The summed E-state index contributed by atoms with van der Waals surface area (Å²) in [5, 5.41) is 5.55. The molecule has 0 aliphatic rings. The molecule has 6 nitrogen and oxygen atoms in total. The summed E-state index contributed by atoms with van der Waals surface area (Å²) in [5.74, 6) is 0.388. The number of imidazole rings is 1. The molecule has 0 saturated carbocycles. The van der Waals surface area contributed by atoms with Gasteiger partial charge in [0.05, 0.1) is 24.1 Å². The number of aromatic nitrogens is 2. The fourth-order valence-corrected chi connectivity index (χ4v) is 1.91. The molecular formula is C16H21FN4O2. The Bertz CT molecular complexity index is 692. The van der Waals surface area contributed by atoms with Crippen molar-refractivity contribution in [2.24, 2.45) is 0 Å². The zero-order valence-corrected chi connectivity index (χ0v) is 13.7. The van der Waals surface area contributed by atoms with Gasteiger partial charge in [0.15, 0.2) is 0 Å². The standard InChI is InChI=1S/C16H21FN4O2/c1-10-18-8-12(20-10)9-19-14-7-11(5-6-13(14)17)21-15(22)23-16(2,3)4/h5-8,19H,9H2,1-4H3,(H,18,20)(H,21,22). The Kier molecular flexibility index (Phi) is 4.88. The molecule has 1 amide bonds. The maximum Gasteiger partial charge on any atom is 0.412 e. The molecule has 0 saturated heterocycles. The number of carbonyl (C=O) groups is 1. The smallest absolute Gasteiger partial charge is 0.412 e. The number of hydrogen-bond donors (Lipinski definition) is 3. The molecule has 2 rings (SSSR count). The predicted molar refractivity (Wildman–Crippen MR) is 86.9 cm³/mol. The van der Waals surface area contributed by atoms with Crippen LogP contribution in [0.3, 0.4) is 0 Å². The summed E-state index contributed by atoms with van der Waals surface area (Å²) in [5.41, 5.74) is 0.978. The lowest BCUT2D eigenvalue weighted by atomic mass is 10.2. The number of ether oxygens (including phenoxy) is 1. The van der Waals surface area contributed by atoms with Gasteiger partial charge in [-0.25, -0.2) is 14.2 Å². The van der Waals surface area contributed by atoms with Crippen molar-refractivity contribution in [1.82, 2.24) is 9.97 Å². The summed E-state index contributed by atoms with van der Waals surface area (Å²) in [6.07, 6.45) is 1.10. The van der Waals surface area contributed by atoms with E-state index in [9.17, 15) is 9.18 Å². The Morgan fingerprint density at radius 1 is 1.39 bits per heavy atom. The van der Waals surface area contributed by atoms with Gasteiger partial charge in [0.2, 0.25) is 0 Å². The van der Waals surface area contributed by atoms with Crippen molar-refractivity contribution >= 4 is 17.5 Å². The number of carbonyl (C=O) groups excluding carboxylic acids is 1. The summed E-state index contributed by atoms with van der Waals surface area (Å²) >= 11 is 0. The van der Waals surface area contributed by atoms with E-state index in [0.29, 0.717) is 12.2 Å². The maximum atomic E-state index is 13.9. The zero-order valence-electron chi connectivity index (χ0n) is 13.7. The number of aryl methyl sites for hydroxylation is 1. The molecule has 0 unspecified atom stereocenters. The lowest BCUT2D eigenvalue weighted by Crippen LogP contribution is -2.27. The van der Waals surface area contributed by atoms with Crippen molar-refractivity contribution < 1.29 is 13.9 Å². The Hall–Kier alpha value is -2.57. The van der Waals surface area contributed by atoms with Gasteiger partial charge in [-0.1, -0.05) is 0 Å². The second kappa shape index (κ2) is 6.68. The molecule has 0 bridgehead atoms. The molecule has 1 aromatic carbocycles. The SMILES string of the molecule is Cc1ncc(CNc2cc(NC(=O)OC(C)(C)C)ccc2F)[nH]1. The molecular weight excluding hydrogens is 299 g/mol. The number of H-pyrrole nitrogens is 1. The molecule has 0 fully saturated rings. The van der Waals surface area contributed by atoms with Gasteiger partial charge in [0.1, 0.15) is 17.2 Å². The first-order chi connectivity index (χ1) is 10.7. The molecule has 1 aromatic heterocycles. The van der Waals surface area contributed by atoms with E-state index >= 15 is 0 Å². The highest BCUT2D eigenvalue weighted by Gasteiger charge is 2.16. The Balaban J connectivity index is 2.02. The molecule has 7 heteroatoms. The zero-order chi connectivity index (χ0) is 17.0. The van der Waals surface area contributed by atoms with Crippen LogP contribution in [0.15, 0.2) is 24.4 Å². The van der Waals surface area contributed by atoms with Gasteiger partial charge < -0.3 is 15.0 Å². The molecule has 0 radical (unpaired) electrons.